The summed E-state index contributed by atoms with van der Waals surface area (Å²) in [6.45, 7) is 0.429. The van der Waals surface area contributed by atoms with Crippen LogP contribution in [0.3, 0.4) is 0 Å². The van der Waals surface area contributed by atoms with Crippen LogP contribution in [0.2, 0.25) is 0 Å². The SMILES string of the molecule is CN(C)c1cc(CCN)cc(F)c1F. The second-order valence-corrected chi connectivity index (χ2v) is 3.34. The average molecular weight is 200 g/mol. The van der Waals surface area contributed by atoms with E-state index in [9.17, 15) is 8.78 Å². The minimum Gasteiger partial charge on any atom is -0.375 e. The van der Waals surface area contributed by atoms with Gasteiger partial charge in [-0.25, -0.2) is 8.78 Å². The number of halogens is 2. The minimum atomic E-state index is -0.820. The number of hydrogen-bond donors (Lipinski definition) is 1. The monoisotopic (exact) mass is 200 g/mol. The summed E-state index contributed by atoms with van der Waals surface area (Å²) in [4.78, 5) is 1.54. The molecule has 0 spiro atoms. The second-order valence-electron chi connectivity index (χ2n) is 3.34. The van der Waals surface area contributed by atoms with Crippen molar-refractivity contribution in [2.24, 2.45) is 5.73 Å². The zero-order chi connectivity index (χ0) is 10.7. The van der Waals surface area contributed by atoms with E-state index in [1.54, 1.807) is 25.1 Å². The number of hydrogen-bond acceptors (Lipinski definition) is 2. The molecule has 0 unspecified atom stereocenters. The van der Waals surface area contributed by atoms with Gasteiger partial charge in [-0.3, -0.25) is 0 Å². The molecule has 0 amide bonds. The fourth-order valence-corrected chi connectivity index (χ4v) is 1.27. The molecule has 0 fully saturated rings. The molecule has 0 aliphatic rings. The summed E-state index contributed by atoms with van der Waals surface area (Å²) in [7, 11) is 3.34. The molecule has 0 atom stereocenters. The van der Waals surface area contributed by atoms with Crippen LogP contribution >= 0.6 is 0 Å². The normalized spacial score (nSPS) is 10.4. The lowest BCUT2D eigenvalue weighted by atomic mass is 10.1. The van der Waals surface area contributed by atoms with E-state index in [-0.39, 0.29) is 5.69 Å². The Bertz CT molecular complexity index is 324. The summed E-state index contributed by atoms with van der Waals surface area (Å²) >= 11 is 0. The Hall–Kier alpha value is -1.16. The van der Waals surface area contributed by atoms with Crippen LogP contribution in [0.4, 0.5) is 14.5 Å². The summed E-state index contributed by atoms with van der Waals surface area (Å²) in [5, 5.41) is 0. The molecule has 0 bridgehead atoms. The number of benzene rings is 1. The molecular weight excluding hydrogens is 186 g/mol. The highest BCUT2D eigenvalue weighted by Crippen LogP contribution is 2.22. The number of nitrogens with zero attached hydrogens (tertiary/aromatic N) is 1. The van der Waals surface area contributed by atoms with Gasteiger partial charge >= 0.3 is 0 Å². The molecule has 0 aliphatic carbocycles. The van der Waals surface area contributed by atoms with E-state index in [0.29, 0.717) is 13.0 Å². The van der Waals surface area contributed by atoms with Crippen molar-refractivity contribution in [1.29, 1.82) is 0 Å². The predicted molar refractivity (Wildman–Crippen MR) is 53.4 cm³/mol. The molecule has 78 valence electrons. The molecule has 14 heavy (non-hydrogen) atoms. The summed E-state index contributed by atoms with van der Waals surface area (Å²) in [5.74, 6) is -1.63. The molecule has 2 nitrogen and oxygen atoms in total. The Morgan fingerprint density at radius 2 is 1.93 bits per heavy atom. The van der Waals surface area contributed by atoms with Crippen molar-refractivity contribution < 1.29 is 8.78 Å². The lowest BCUT2D eigenvalue weighted by molar-refractivity contribution is 0.507. The maximum atomic E-state index is 13.2. The molecule has 0 aromatic heterocycles. The Labute approximate surface area is 82.3 Å². The topological polar surface area (TPSA) is 29.3 Å². The molecule has 0 radical (unpaired) electrons. The van der Waals surface area contributed by atoms with Gasteiger partial charge in [0.05, 0.1) is 5.69 Å². The van der Waals surface area contributed by atoms with Crippen molar-refractivity contribution in [2.75, 3.05) is 25.5 Å². The van der Waals surface area contributed by atoms with Gasteiger partial charge in [-0.05, 0) is 30.7 Å². The van der Waals surface area contributed by atoms with E-state index in [4.69, 9.17) is 5.73 Å². The highest BCUT2D eigenvalue weighted by Gasteiger charge is 2.11. The van der Waals surface area contributed by atoms with Crippen molar-refractivity contribution >= 4 is 5.69 Å². The highest BCUT2D eigenvalue weighted by atomic mass is 19.2. The molecular formula is C10H14F2N2. The molecule has 0 saturated carbocycles. The van der Waals surface area contributed by atoms with Crippen LogP contribution in [0.1, 0.15) is 5.56 Å². The third-order valence-electron chi connectivity index (χ3n) is 1.98. The van der Waals surface area contributed by atoms with Gasteiger partial charge < -0.3 is 10.6 Å². The molecule has 2 N–H and O–H groups in total. The van der Waals surface area contributed by atoms with E-state index < -0.39 is 11.6 Å². The third-order valence-corrected chi connectivity index (χ3v) is 1.98. The second kappa shape index (κ2) is 4.37. The first-order valence-corrected chi connectivity index (χ1v) is 4.41. The number of rotatable bonds is 3. The minimum absolute atomic E-state index is 0.258. The maximum absolute atomic E-state index is 13.2. The lowest BCUT2D eigenvalue weighted by Crippen LogP contribution is -2.13. The van der Waals surface area contributed by atoms with Crippen molar-refractivity contribution in [2.45, 2.75) is 6.42 Å². The number of nitrogens with two attached hydrogens (primary N) is 1. The van der Waals surface area contributed by atoms with Crippen LogP contribution in [0, 0.1) is 11.6 Å². The van der Waals surface area contributed by atoms with Crippen LogP contribution in [0.25, 0.3) is 0 Å². The maximum Gasteiger partial charge on any atom is 0.182 e. The van der Waals surface area contributed by atoms with Crippen molar-refractivity contribution in [3.05, 3.63) is 29.3 Å². The first kappa shape index (κ1) is 10.9. The predicted octanol–water partition coefficient (Wildman–Crippen LogP) is 1.53. The first-order valence-electron chi connectivity index (χ1n) is 4.41. The zero-order valence-corrected chi connectivity index (χ0v) is 8.35. The Morgan fingerprint density at radius 1 is 1.29 bits per heavy atom. The Kier molecular flexibility index (Phi) is 3.41. The molecule has 0 heterocycles. The van der Waals surface area contributed by atoms with Crippen LogP contribution in [-0.4, -0.2) is 20.6 Å². The number of anilines is 1. The van der Waals surface area contributed by atoms with E-state index in [1.165, 1.54) is 6.07 Å². The van der Waals surface area contributed by atoms with Gasteiger partial charge in [0, 0.05) is 14.1 Å². The average Bonchev–Trinajstić information content (AvgIpc) is 2.11. The summed E-state index contributed by atoms with van der Waals surface area (Å²) < 4.78 is 26.3. The zero-order valence-electron chi connectivity index (χ0n) is 8.35. The van der Waals surface area contributed by atoms with Crippen molar-refractivity contribution in [3.63, 3.8) is 0 Å². The van der Waals surface area contributed by atoms with Crippen LogP contribution in [0.15, 0.2) is 12.1 Å². The summed E-state index contributed by atoms with van der Waals surface area (Å²) in [5.41, 5.74) is 6.32. The Balaban J connectivity index is 3.14. The molecule has 1 rings (SSSR count). The van der Waals surface area contributed by atoms with Gasteiger partial charge in [-0.2, -0.15) is 0 Å². The van der Waals surface area contributed by atoms with Gasteiger partial charge in [-0.1, -0.05) is 0 Å². The standard InChI is InChI=1S/C10H14F2N2/c1-14(2)9-6-7(3-4-13)5-8(11)10(9)12/h5-6H,3-4,13H2,1-2H3. The third kappa shape index (κ3) is 2.20. The molecule has 4 heteroatoms. The fraction of sp³-hybridized carbons (Fsp3) is 0.400. The van der Waals surface area contributed by atoms with Crippen LogP contribution < -0.4 is 10.6 Å². The van der Waals surface area contributed by atoms with E-state index in [1.807, 2.05) is 0 Å². The van der Waals surface area contributed by atoms with Gasteiger partial charge in [0.15, 0.2) is 11.6 Å². The molecule has 0 saturated heterocycles. The summed E-state index contributed by atoms with van der Waals surface area (Å²) in [6, 6.07) is 2.81. The van der Waals surface area contributed by atoms with Crippen LogP contribution in [0.5, 0.6) is 0 Å². The van der Waals surface area contributed by atoms with Crippen molar-refractivity contribution in [3.8, 4) is 0 Å². The van der Waals surface area contributed by atoms with Gasteiger partial charge in [0.2, 0.25) is 0 Å². The van der Waals surface area contributed by atoms with Crippen molar-refractivity contribution in [1.82, 2.24) is 0 Å². The molecule has 1 aromatic rings. The van der Waals surface area contributed by atoms with Gasteiger partial charge in [0.1, 0.15) is 0 Å². The van der Waals surface area contributed by atoms with Crippen LogP contribution in [-0.2, 0) is 6.42 Å². The Morgan fingerprint density at radius 3 is 2.43 bits per heavy atom. The highest BCUT2D eigenvalue weighted by molar-refractivity contribution is 5.49. The van der Waals surface area contributed by atoms with E-state index in [2.05, 4.69) is 0 Å². The van der Waals surface area contributed by atoms with Gasteiger partial charge in [0.25, 0.3) is 0 Å². The summed E-state index contributed by atoms with van der Waals surface area (Å²) in [6.07, 6.45) is 0.554. The van der Waals surface area contributed by atoms with E-state index in [0.717, 1.165) is 5.56 Å². The fourth-order valence-electron chi connectivity index (χ4n) is 1.27. The first-order chi connectivity index (χ1) is 6.56. The quantitative estimate of drug-likeness (QED) is 0.801. The molecule has 1 aromatic carbocycles. The largest absolute Gasteiger partial charge is 0.375 e. The lowest BCUT2D eigenvalue weighted by Gasteiger charge is -2.15. The van der Waals surface area contributed by atoms with E-state index >= 15 is 0 Å². The smallest absolute Gasteiger partial charge is 0.182 e. The van der Waals surface area contributed by atoms with Gasteiger partial charge in [-0.15, -0.1) is 0 Å². The molecule has 0 aliphatic heterocycles.